The molecule has 0 bridgehead atoms. The first-order valence-corrected chi connectivity index (χ1v) is 9.67. The first-order chi connectivity index (χ1) is 14.0. The van der Waals surface area contributed by atoms with Crippen LogP contribution < -0.4 is 15.5 Å². The van der Waals surface area contributed by atoms with Gasteiger partial charge >= 0.3 is 5.97 Å². The minimum absolute atomic E-state index is 0.301. The molecule has 1 aliphatic heterocycles. The van der Waals surface area contributed by atoms with E-state index in [0.717, 1.165) is 24.3 Å². The van der Waals surface area contributed by atoms with Crippen molar-refractivity contribution in [3.05, 3.63) is 59.7 Å². The predicted molar refractivity (Wildman–Crippen MR) is 111 cm³/mol. The number of benzene rings is 2. The molecule has 2 N–H and O–H groups in total. The summed E-state index contributed by atoms with van der Waals surface area (Å²) in [6, 6.07) is 14.7. The lowest BCUT2D eigenvalue weighted by molar-refractivity contribution is -0.146. The molecule has 2 amide bonds. The zero-order chi connectivity index (χ0) is 20.6. The highest BCUT2D eigenvalue weighted by Crippen LogP contribution is 2.21. The van der Waals surface area contributed by atoms with E-state index in [1.54, 1.807) is 12.1 Å². The van der Waals surface area contributed by atoms with E-state index in [9.17, 15) is 14.4 Å². The Bertz CT molecular complexity index is 874. The molecule has 2 aromatic carbocycles. The van der Waals surface area contributed by atoms with Crippen LogP contribution >= 0.6 is 0 Å². The van der Waals surface area contributed by atoms with E-state index in [4.69, 9.17) is 4.74 Å². The molecule has 0 spiro atoms. The van der Waals surface area contributed by atoms with Crippen molar-refractivity contribution in [2.24, 2.45) is 0 Å². The van der Waals surface area contributed by atoms with Gasteiger partial charge in [0, 0.05) is 30.0 Å². The van der Waals surface area contributed by atoms with Gasteiger partial charge in [0.25, 0.3) is 11.8 Å². The zero-order valence-corrected chi connectivity index (χ0v) is 16.4. The van der Waals surface area contributed by atoms with E-state index in [1.807, 2.05) is 43.3 Å². The molecule has 3 rings (SSSR count). The standard InChI is InChI=1S/C22H25N3O4/c1-16-6-2-3-7-19(16)22(28)23-14-21(27)29-15-20(26)24-17-8-10-18(11-9-17)25-12-4-5-13-25/h2-3,6-11H,4-5,12-15H2,1H3,(H,23,28)(H,24,26). The number of ether oxygens (including phenoxy) is 1. The summed E-state index contributed by atoms with van der Waals surface area (Å²) in [7, 11) is 0. The lowest BCUT2D eigenvalue weighted by Gasteiger charge is -2.17. The van der Waals surface area contributed by atoms with Crippen LogP contribution in [0, 0.1) is 6.92 Å². The summed E-state index contributed by atoms with van der Waals surface area (Å²) in [5, 5.41) is 5.19. The third kappa shape index (κ3) is 5.81. The van der Waals surface area contributed by atoms with Crippen LogP contribution in [0.1, 0.15) is 28.8 Å². The van der Waals surface area contributed by atoms with Crippen LogP contribution in [-0.4, -0.2) is 44.0 Å². The van der Waals surface area contributed by atoms with Crippen LogP contribution in [0.15, 0.2) is 48.5 Å². The van der Waals surface area contributed by atoms with Gasteiger partial charge in [-0.2, -0.15) is 0 Å². The molecular weight excluding hydrogens is 370 g/mol. The quantitative estimate of drug-likeness (QED) is 0.704. The Balaban J connectivity index is 1.39. The summed E-state index contributed by atoms with van der Waals surface area (Å²) in [6.07, 6.45) is 2.41. The van der Waals surface area contributed by atoms with Crippen LogP contribution in [0.4, 0.5) is 11.4 Å². The van der Waals surface area contributed by atoms with Gasteiger partial charge in [-0.1, -0.05) is 18.2 Å². The SMILES string of the molecule is Cc1ccccc1C(=O)NCC(=O)OCC(=O)Nc1ccc(N2CCCC2)cc1. The number of nitrogens with one attached hydrogen (secondary N) is 2. The summed E-state index contributed by atoms with van der Waals surface area (Å²) in [4.78, 5) is 38.1. The maximum absolute atomic E-state index is 12.1. The van der Waals surface area contributed by atoms with Gasteiger partial charge < -0.3 is 20.3 Å². The van der Waals surface area contributed by atoms with Gasteiger partial charge in [0.1, 0.15) is 6.54 Å². The maximum Gasteiger partial charge on any atom is 0.325 e. The molecule has 1 fully saturated rings. The number of carbonyl (C=O) groups is 3. The molecular formula is C22H25N3O4. The highest BCUT2D eigenvalue weighted by Gasteiger charge is 2.14. The Kier molecular flexibility index (Phi) is 6.84. The van der Waals surface area contributed by atoms with Crippen LogP contribution in [-0.2, 0) is 14.3 Å². The van der Waals surface area contributed by atoms with Crippen molar-refractivity contribution in [3.63, 3.8) is 0 Å². The molecule has 0 unspecified atom stereocenters. The number of hydrogen-bond acceptors (Lipinski definition) is 5. The number of carbonyl (C=O) groups excluding carboxylic acids is 3. The van der Waals surface area contributed by atoms with E-state index < -0.39 is 18.5 Å². The molecule has 7 nitrogen and oxygen atoms in total. The maximum atomic E-state index is 12.1. The number of amides is 2. The summed E-state index contributed by atoms with van der Waals surface area (Å²) in [6.45, 7) is 3.22. The molecule has 7 heteroatoms. The normalized spacial score (nSPS) is 13.1. The minimum atomic E-state index is -0.675. The van der Waals surface area contributed by atoms with E-state index in [1.165, 1.54) is 12.8 Å². The Labute approximate surface area is 170 Å². The van der Waals surface area contributed by atoms with Crippen molar-refractivity contribution < 1.29 is 19.1 Å². The zero-order valence-electron chi connectivity index (χ0n) is 16.4. The van der Waals surface area contributed by atoms with Crippen molar-refractivity contribution in [1.29, 1.82) is 0 Å². The van der Waals surface area contributed by atoms with Gasteiger partial charge in [0.15, 0.2) is 6.61 Å². The van der Waals surface area contributed by atoms with Crippen molar-refractivity contribution in [2.75, 3.05) is 36.5 Å². The number of rotatable bonds is 7. The van der Waals surface area contributed by atoms with Crippen molar-refractivity contribution in [3.8, 4) is 0 Å². The molecule has 0 aromatic heterocycles. The molecule has 0 saturated carbocycles. The minimum Gasteiger partial charge on any atom is -0.454 e. The molecule has 1 aliphatic rings. The van der Waals surface area contributed by atoms with Gasteiger partial charge in [0.2, 0.25) is 0 Å². The molecule has 29 heavy (non-hydrogen) atoms. The summed E-state index contributed by atoms with van der Waals surface area (Å²) >= 11 is 0. The highest BCUT2D eigenvalue weighted by atomic mass is 16.5. The Morgan fingerprint density at radius 1 is 1.00 bits per heavy atom. The molecule has 0 atom stereocenters. The summed E-state index contributed by atoms with van der Waals surface area (Å²) < 4.78 is 4.92. The van der Waals surface area contributed by atoms with Crippen molar-refractivity contribution in [1.82, 2.24) is 5.32 Å². The number of nitrogens with zero attached hydrogens (tertiary/aromatic N) is 1. The lowest BCUT2D eigenvalue weighted by Crippen LogP contribution is -2.32. The third-order valence-corrected chi connectivity index (χ3v) is 4.77. The van der Waals surface area contributed by atoms with Crippen LogP contribution in [0.3, 0.4) is 0 Å². The Hall–Kier alpha value is -3.35. The van der Waals surface area contributed by atoms with Crippen molar-refractivity contribution >= 4 is 29.2 Å². The Morgan fingerprint density at radius 3 is 2.38 bits per heavy atom. The third-order valence-electron chi connectivity index (χ3n) is 4.77. The van der Waals surface area contributed by atoms with Gasteiger partial charge in [-0.3, -0.25) is 14.4 Å². The lowest BCUT2D eigenvalue weighted by atomic mass is 10.1. The molecule has 1 heterocycles. The fraction of sp³-hybridized carbons (Fsp3) is 0.318. The number of anilines is 2. The summed E-state index contributed by atoms with van der Waals surface area (Å²) in [5.41, 5.74) is 3.09. The van der Waals surface area contributed by atoms with E-state index in [-0.39, 0.29) is 12.5 Å². The van der Waals surface area contributed by atoms with Gasteiger partial charge in [0.05, 0.1) is 0 Å². The topological polar surface area (TPSA) is 87.7 Å². The monoisotopic (exact) mass is 395 g/mol. The van der Waals surface area contributed by atoms with Gasteiger partial charge in [-0.25, -0.2) is 0 Å². The highest BCUT2D eigenvalue weighted by molar-refractivity contribution is 5.97. The average Bonchev–Trinajstić information content (AvgIpc) is 3.26. The Morgan fingerprint density at radius 2 is 1.69 bits per heavy atom. The second-order valence-corrected chi connectivity index (χ2v) is 6.95. The second kappa shape index (κ2) is 9.73. The number of esters is 1. The molecule has 1 saturated heterocycles. The molecule has 0 radical (unpaired) electrons. The van der Waals surface area contributed by atoms with E-state index in [0.29, 0.717) is 11.3 Å². The average molecular weight is 395 g/mol. The first-order valence-electron chi connectivity index (χ1n) is 9.67. The van der Waals surface area contributed by atoms with Crippen LogP contribution in [0.25, 0.3) is 0 Å². The fourth-order valence-electron chi connectivity index (χ4n) is 3.20. The van der Waals surface area contributed by atoms with E-state index >= 15 is 0 Å². The van der Waals surface area contributed by atoms with E-state index in [2.05, 4.69) is 15.5 Å². The largest absolute Gasteiger partial charge is 0.454 e. The smallest absolute Gasteiger partial charge is 0.325 e. The molecule has 0 aliphatic carbocycles. The first kappa shape index (κ1) is 20.4. The van der Waals surface area contributed by atoms with Crippen LogP contribution in [0.2, 0.25) is 0 Å². The van der Waals surface area contributed by atoms with Gasteiger partial charge in [-0.05, 0) is 55.7 Å². The van der Waals surface area contributed by atoms with Crippen LogP contribution in [0.5, 0.6) is 0 Å². The molecule has 152 valence electrons. The predicted octanol–water partition coefficient (Wildman–Crippen LogP) is 2.51. The second-order valence-electron chi connectivity index (χ2n) is 6.95. The van der Waals surface area contributed by atoms with Crippen molar-refractivity contribution in [2.45, 2.75) is 19.8 Å². The fourth-order valence-corrected chi connectivity index (χ4v) is 3.20. The number of hydrogen-bond donors (Lipinski definition) is 2. The summed E-state index contributed by atoms with van der Waals surface area (Å²) in [5.74, 6) is -1.47. The molecule has 2 aromatic rings. The van der Waals surface area contributed by atoms with Gasteiger partial charge in [-0.15, -0.1) is 0 Å². The number of aryl methyl sites for hydroxylation is 1.